The van der Waals surface area contributed by atoms with Crippen LogP contribution in [0.5, 0.6) is 0 Å². The molecule has 27 heavy (non-hydrogen) atoms. The summed E-state index contributed by atoms with van der Waals surface area (Å²) in [5.41, 5.74) is 7.52. The topological polar surface area (TPSA) is 108 Å². The Labute approximate surface area is 159 Å². The van der Waals surface area contributed by atoms with Gasteiger partial charge < -0.3 is 15.7 Å². The summed E-state index contributed by atoms with van der Waals surface area (Å²) >= 11 is 1.42. The number of hydrogen-bond donors (Lipinski definition) is 2. The first-order chi connectivity index (χ1) is 12.9. The van der Waals surface area contributed by atoms with Gasteiger partial charge in [-0.05, 0) is 24.1 Å². The fraction of sp³-hybridized carbons (Fsp3) is 0.333. The molecule has 2 fully saturated rings. The van der Waals surface area contributed by atoms with E-state index in [1.54, 1.807) is 11.0 Å². The van der Waals surface area contributed by atoms with Gasteiger partial charge in [0.1, 0.15) is 29.8 Å². The second-order valence-electron chi connectivity index (χ2n) is 6.72. The van der Waals surface area contributed by atoms with Crippen molar-refractivity contribution in [2.24, 2.45) is 12.8 Å². The van der Waals surface area contributed by atoms with Gasteiger partial charge in [0.15, 0.2) is 12.4 Å². The second-order valence-corrected chi connectivity index (χ2v) is 7.82. The third-order valence-electron chi connectivity index (χ3n) is 4.95. The summed E-state index contributed by atoms with van der Waals surface area (Å²) < 4.78 is 1.87. The number of carboxylic acid groups (broad SMARTS) is 1. The van der Waals surface area contributed by atoms with Crippen molar-refractivity contribution in [3.05, 3.63) is 47.4 Å². The lowest BCUT2D eigenvalue weighted by Gasteiger charge is -2.47. The van der Waals surface area contributed by atoms with Gasteiger partial charge in [-0.15, -0.1) is 11.8 Å². The highest BCUT2D eigenvalue weighted by atomic mass is 32.2. The van der Waals surface area contributed by atoms with E-state index in [1.807, 2.05) is 36.1 Å². The van der Waals surface area contributed by atoms with Crippen LogP contribution in [0.15, 0.2) is 47.4 Å². The van der Waals surface area contributed by atoms with Crippen LogP contribution in [0.4, 0.5) is 5.69 Å². The number of rotatable bonds is 3. The molecule has 140 valence electrons. The molecule has 3 aliphatic heterocycles. The molecule has 1 aromatic rings. The molecule has 0 radical (unpaired) electrons. The van der Waals surface area contributed by atoms with Gasteiger partial charge in [0.05, 0.1) is 0 Å². The van der Waals surface area contributed by atoms with Gasteiger partial charge in [-0.25, -0.2) is 9.36 Å². The maximum absolute atomic E-state index is 12.8. The monoisotopic (exact) mass is 387 g/mol. The van der Waals surface area contributed by atoms with Gasteiger partial charge in [-0.1, -0.05) is 0 Å². The number of thioether (sulfide) groups is 1. The number of allylic oxidation sites excluding steroid dienone is 1. The molecule has 4 heterocycles. The number of carboxylic acids is 1. The van der Waals surface area contributed by atoms with E-state index in [0.717, 1.165) is 5.69 Å². The maximum atomic E-state index is 12.8. The molecule has 3 aliphatic rings. The Kier molecular flexibility index (Phi) is 4.27. The number of pyridine rings is 1. The number of aliphatic carboxylic acids is 1. The molecule has 0 spiro atoms. The minimum absolute atomic E-state index is 0.0599. The van der Waals surface area contributed by atoms with E-state index >= 15 is 0 Å². The molecule has 4 rings (SSSR count). The van der Waals surface area contributed by atoms with Crippen molar-refractivity contribution in [3.8, 4) is 0 Å². The molecule has 2 saturated heterocycles. The van der Waals surface area contributed by atoms with Crippen LogP contribution in [0, 0.1) is 0 Å². The molecule has 0 aromatic carbocycles. The summed E-state index contributed by atoms with van der Waals surface area (Å²) in [7, 11) is 1.88. The van der Waals surface area contributed by atoms with E-state index in [1.165, 1.54) is 16.7 Å². The minimum Gasteiger partial charge on any atom is -0.477 e. The Morgan fingerprint density at radius 2 is 2.22 bits per heavy atom. The van der Waals surface area contributed by atoms with Crippen LogP contribution in [-0.2, 0) is 21.4 Å². The van der Waals surface area contributed by atoms with Gasteiger partial charge in [-0.2, -0.15) is 0 Å². The molecule has 0 unspecified atom stereocenters. The Morgan fingerprint density at radius 3 is 2.93 bits per heavy atom. The molecule has 0 saturated carbocycles. The number of amides is 2. The number of nitrogens with two attached hydrogens (primary N) is 1. The fourth-order valence-electron chi connectivity index (χ4n) is 3.59. The van der Waals surface area contributed by atoms with Gasteiger partial charge in [0, 0.05) is 23.9 Å². The van der Waals surface area contributed by atoms with Crippen molar-refractivity contribution >= 4 is 35.2 Å². The summed E-state index contributed by atoms with van der Waals surface area (Å²) in [4.78, 5) is 39.5. The molecule has 0 aliphatic carbocycles. The number of carbonyl (C=O) groups excluding carboxylic acids is 2. The number of hydrogen-bond acceptors (Lipinski definition) is 5. The Morgan fingerprint density at radius 1 is 1.44 bits per heavy atom. The number of β-lactam (4-membered cyclic amide) rings is 1. The summed E-state index contributed by atoms with van der Waals surface area (Å²) in [6, 6.07) is 3.07. The third kappa shape index (κ3) is 2.83. The lowest BCUT2D eigenvalue weighted by atomic mass is 10.0. The lowest BCUT2D eigenvalue weighted by Crippen LogP contribution is -2.68. The zero-order chi connectivity index (χ0) is 19.3. The molecular weight excluding hydrogens is 368 g/mol. The first kappa shape index (κ1) is 17.7. The number of aromatic nitrogens is 1. The maximum Gasteiger partial charge on any atom is 0.352 e. The molecule has 2 amide bonds. The average molecular weight is 387 g/mol. The van der Waals surface area contributed by atoms with Gasteiger partial charge >= 0.3 is 5.97 Å². The number of nitrogens with zero attached hydrogens (tertiary/aromatic N) is 3. The quantitative estimate of drug-likeness (QED) is 0.421. The largest absolute Gasteiger partial charge is 0.477 e. The van der Waals surface area contributed by atoms with Crippen molar-refractivity contribution < 1.29 is 24.1 Å². The van der Waals surface area contributed by atoms with Crippen LogP contribution in [-0.4, -0.2) is 51.5 Å². The van der Waals surface area contributed by atoms with E-state index in [-0.39, 0.29) is 17.0 Å². The Bertz CT molecular complexity index is 926. The lowest BCUT2D eigenvalue weighted by molar-refractivity contribution is -0.670. The van der Waals surface area contributed by atoms with Crippen LogP contribution >= 0.6 is 11.8 Å². The molecule has 8 nitrogen and oxygen atoms in total. The average Bonchev–Trinajstić information content (AvgIpc) is 3.01. The molecule has 2 atom stereocenters. The molecular formula is C18H19N4O4S+. The van der Waals surface area contributed by atoms with Gasteiger partial charge in [0.2, 0.25) is 5.91 Å². The van der Waals surface area contributed by atoms with E-state index in [2.05, 4.69) is 0 Å². The van der Waals surface area contributed by atoms with Crippen molar-refractivity contribution in [3.63, 3.8) is 0 Å². The van der Waals surface area contributed by atoms with Crippen LogP contribution < -0.4 is 15.2 Å². The van der Waals surface area contributed by atoms with E-state index in [9.17, 15) is 19.5 Å². The first-order valence-electron chi connectivity index (χ1n) is 8.53. The minimum atomic E-state index is -1.18. The second kappa shape index (κ2) is 6.50. The van der Waals surface area contributed by atoms with E-state index < -0.39 is 17.9 Å². The summed E-state index contributed by atoms with van der Waals surface area (Å²) in [6.45, 7) is 0.535. The molecule has 9 heteroatoms. The van der Waals surface area contributed by atoms with Crippen molar-refractivity contribution in [2.75, 3.05) is 17.2 Å². The fourth-order valence-corrected chi connectivity index (χ4v) is 4.84. The zero-order valence-corrected chi connectivity index (χ0v) is 15.5. The van der Waals surface area contributed by atoms with E-state index in [0.29, 0.717) is 29.9 Å². The highest BCUT2D eigenvalue weighted by molar-refractivity contribution is 8.00. The predicted octanol–water partition coefficient (Wildman–Crippen LogP) is -0.245. The third-order valence-corrected chi connectivity index (χ3v) is 6.27. The highest BCUT2D eigenvalue weighted by Crippen LogP contribution is 2.40. The molecule has 1 aromatic heterocycles. The number of anilines is 1. The van der Waals surface area contributed by atoms with Gasteiger partial charge in [-0.3, -0.25) is 14.5 Å². The Balaban J connectivity index is 1.66. The molecule has 3 N–H and O–H groups in total. The summed E-state index contributed by atoms with van der Waals surface area (Å²) in [5, 5.41) is 9.26. The Hall–Kier alpha value is -2.65. The van der Waals surface area contributed by atoms with Crippen LogP contribution in [0.1, 0.15) is 6.42 Å². The van der Waals surface area contributed by atoms with Crippen molar-refractivity contribution in [1.29, 1.82) is 0 Å². The molecule has 0 bridgehead atoms. The SMILES string of the molecule is C[n+]1cccc(N2CC/C(=C\C3=C(C(=O)O)N4C(=O)[C@@H](N)[C@H]4SC3)C2=O)c1. The number of fused-ring (bicyclic) bond motifs is 1. The zero-order valence-electron chi connectivity index (χ0n) is 14.7. The standard InChI is InChI=1S/C18H18N4O4S/c1-20-5-2-3-12(8-20)21-6-4-10(15(21)23)7-11-9-27-17-13(19)16(24)22(17)14(11)18(25)26/h2-3,5,7-8,13,17H,4,6,9,19H2,1H3/p+1/b10-7+/t13-,17-/m1/s1. The summed E-state index contributed by atoms with van der Waals surface area (Å²) in [6.07, 6.45) is 5.91. The number of carbonyl (C=O) groups is 3. The van der Waals surface area contributed by atoms with Crippen molar-refractivity contribution in [2.45, 2.75) is 17.8 Å². The normalized spacial score (nSPS) is 26.5. The summed E-state index contributed by atoms with van der Waals surface area (Å²) in [5.74, 6) is -1.31. The highest BCUT2D eigenvalue weighted by Gasteiger charge is 2.51. The number of aryl methyl sites for hydroxylation is 1. The predicted molar refractivity (Wildman–Crippen MR) is 98.4 cm³/mol. The van der Waals surface area contributed by atoms with Crippen LogP contribution in [0.3, 0.4) is 0 Å². The van der Waals surface area contributed by atoms with Crippen LogP contribution in [0.25, 0.3) is 0 Å². The van der Waals surface area contributed by atoms with Crippen molar-refractivity contribution in [1.82, 2.24) is 4.90 Å². The van der Waals surface area contributed by atoms with Crippen LogP contribution in [0.2, 0.25) is 0 Å². The first-order valence-corrected chi connectivity index (χ1v) is 9.58. The van der Waals surface area contributed by atoms with E-state index in [4.69, 9.17) is 5.73 Å². The van der Waals surface area contributed by atoms with Gasteiger partial charge in [0.25, 0.3) is 5.91 Å². The smallest absolute Gasteiger partial charge is 0.352 e.